The monoisotopic (exact) mass is 360 g/mol. The van der Waals surface area contributed by atoms with Crippen LogP contribution in [0.15, 0.2) is 54.9 Å². The Morgan fingerprint density at radius 3 is 2.65 bits per heavy atom. The van der Waals surface area contributed by atoms with Gasteiger partial charge in [0.25, 0.3) is 5.91 Å². The highest BCUT2D eigenvalue weighted by molar-refractivity contribution is 6.00. The van der Waals surface area contributed by atoms with Gasteiger partial charge in [0.2, 0.25) is 0 Å². The first-order valence-corrected chi connectivity index (χ1v) is 7.84. The van der Waals surface area contributed by atoms with Crippen molar-refractivity contribution in [1.29, 1.82) is 0 Å². The van der Waals surface area contributed by atoms with E-state index in [0.717, 1.165) is 12.1 Å². The summed E-state index contributed by atoms with van der Waals surface area (Å²) in [5, 5.41) is 9.20. The molecule has 134 valence electrons. The molecule has 0 spiro atoms. The van der Waals surface area contributed by atoms with Crippen LogP contribution in [0, 0.1) is 0 Å². The molecule has 1 heterocycles. The van der Waals surface area contributed by atoms with E-state index in [0.29, 0.717) is 28.9 Å². The van der Waals surface area contributed by atoms with E-state index in [2.05, 4.69) is 20.5 Å². The molecule has 3 aromatic rings. The number of hydrogen-bond acceptors (Lipinski definition) is 3. The third-order valence-corrected chi connectivity index (χ3v) is 3.80. The predicted molar refractivity (Wildman–Crippen MR) is 89.3 cm³/mol. The number of carbonyl (C=O) groups excluding carboxylic acids is 1. The number of rotatable bonds is 5. The normalized spacial score (nSPS) is 11.3. The van der Waals surface area contributed by atoms with E-state index in [4.69, 9.17) is 0 Å². The van der Waals surface area contributed by atoms with Gasteiger partial charge in [-0.15, -0.1) is 0 Å². The largest absolute Gasteiger partial charge is 0.416 e. The summed E-state index contributed by atoms with van der Waals surface area (Å²) in [4.78, 5) is 16.5. The standard InChI is InChI=1S/C18H15F3N4O/c19-18(20,21)13-5-3-4-12(10-13)8-9-22-17(26)15-7-2-1-6-14(15)16-23-11-24-25-16/h1-7,10-11H,8-9H2,(H,22,26)(H,23,24,25). The molecule has 0 fully saturated rings. The first-order chi connectivity index (χ1) is 12.4. The highest BCUT2D eigenvalue weighted by Gasteiger charge is 2.30. The van der Waals surface area contributed by atoms with Crippen molar-refractivity contribution < 1.29 is 18.0 Å². The van der Waals surface area contributed by atoms with Crippen LogP contribution in [0.25, 0.3) is 11.4 Å². The second-order valence-corrected chi connectivity index (χ2v) is 5.58. The molecule has 0 saturated heterocycles. The van der Waals surface area contributed by atoms with E-state index in [1.165, 1.54) is 12.4 Å². The minimum atomic E-state index is -4.38. The van der Waals surface area contributed by atoms with E-state index in [1.54, 1.807) is 30.3 Å². The van der Waals surface area contributed by atoms with E-state index in [1.807, 2.05) is 0 Å². The molecule has 0 atom stereocenters. The van der Waals surface area contributed by atoms with Crippen LogP contribution >= 0.6 is 0 Å². The smallest absolute Gasteiger partial charge is 0.352 e. The van der Waals surface area contributed by atoms with Crippen molar-refractivity contribution in [2.24, 2.45) is 0 Å². The Kier molecular flexibility index (Phi) is 5.01. The molecule has 8 heteroatoms. The van der Waals surface area contributed by atoms with Crippen LogP contribution in [0.1, 0.15) is 21.5 Å². The van der Waals surface area contributed by atoms with Crippen LogP contribution in [-0.2, 0) is 12.6 Å². The second kappa shape index (κ2) is 7.38. The first-order valence-electron chi connectivity index (χ1n) is 7.84. The quantitative estimate of drug-likeness (QED) is 0.732. The number of nitrogens with zero attached hydrogens (tertiary/aromatic N) is 2. The second-order valence-electron chi connectivity index (χ2n) is 5.58. The van der Waals surface area contributed by atoms with Crippen LogP contribution in [0.2, 0.25) is 0 Å². The average molecular weight is 360 g/mol. The van der Waals surface area contributed by atoms with E-state index in [-0.39, 0.29) is 12.5 Å². The van der Waals surface area contributed by atoms with Crippen LogP contribution in [0.3, 0.4) is 0 Å². The number of carbonyl (C=O) groups is 1. The predicted octanol–water partition coefficient (Wildman–Crippen LogP) is 3.46. The lowest BCUT2D eigenvalue weighted by atomic mass is 10.1. The van der Waals surface area contributed by atoms with Gasteiger partial charge in [0.15, 0.2) is 5.82 Å². The molecule has 2 N–H and O–H groups in total. The number of aromatic amines is 1. The molecule has 2 aromatic carbocycles. The summed E-state index contributed by atoms with van der Waals surface area (Å²) < 4.78 is 38.2. The minimum Gasteiger partial charge on any atom is -0.352 e. The minimum absolute atomic E-state index is 0.213. The number of alkyl halides is 3. The van der Waals surface area contributed by atoms with Crippen LogP contribution in [0.5, 0.6) is 0 Å². The molecule has 0 saturated carbocycles. The Bertz CT molecular complexity index is 891. The third kappa shape index (κ3) is 4.08. The molecule has 0 unspecified atom stereocenters. The summed E-state index contributed by atoms with van der Waals surface area (Å²) in [6.07, 6.45) is -2.74. The summed E-state index contributed by atoms with van der Waals surface area (Å²) in [6.45, 7) is 0.213. The van der Waals surface area contributed by atoms with Gasteiger partial charge in [-0.1, -0.05) is 36.4 Å². The summed E-state index contributed by atoms with van der Waals surface area (Å²) in [5.74, 6) is 0.137. The van der Waals surface area contributed by atoms with Crippen molar-refractivity contribution in [2.45, 2.75) is 12.6 Å². The number of halogens is 3. The zero-order chi connectivity index (χ0) is 18.6. The zero-order valence-corrected chi connectivity index (χ0v) is 13.5. The van der Waals surface area contributed by atoms with Gasteiger partial charge in [0, 0.05) is 12.1 Å². The molecule has 26 heavy (non-hydrogen) atoms. The SMILES string of the molecule is O=C(NCCc1cccc(C(F)(F)F)c1)c1ccccc1-c1ncn[nH]1. The fraction of sp³-hybridized carbons (Fsp3) is 0.167. The lowest BCUT2D eigenvalue weighted by Gasteiger charge is -2.10. The number of amides is 1. The lowest BCUT2D eigenvalue weighted by Crippen LogP contribution is -2.26. The molecule has 0 aliphatic rings. The zero-order valence-electron chi connectivity index (χ0n) is 13.5. The number of benzene rings is 2. The fourth-order valence-electron chi connectivity index (χ4n) is 2.54. The molecule has 1 amide bonds. The fourth-order valence-corrected chi connectivity index (χ4v) is 2.54. The van der Waals surface area contributed by atoms with Gasteiger partial charge in [-0.2, -0.15) is 18.3 Å². The third-order valence-electron chi connectivity index (χ3n) is 3.80. The van der Waals surface area contributed by atoms with Crippen LogP contribution in [0.4, 0.5) is 13.2 Å². The van der Waals surface area contributed by atoms with Crippen LogP contribution in [-0.4, -0.2) is 27.6 Å². The van der Waals surface area contributed by atoms with Gasteiger partial charge >= 0.3 is 6.18 Å². The van der Waals surface area contributed by atoms with Gasteiger partial charge < -0.3 is 5.32 Å². The molecule has 0 radical (unpaired) electrons. The molecule has 3 rings (SSSR count). The van der Waals surface area contributed by atoms with Gasteiger partial charge in [-0.05, 0) is 24.1 Å². The molecule has 0 bridgehead atoms. The number of nitrogens with one attached hydrogen (secondary N) is 2. The number of hydrogen-bond donors (Lipinski definition) is 2. The Morgan fingerprint density at radius 1 is 1.12 bits per heavy atom. The summed E-state index contributed by atoms with van der Waals surface area (Å²) in [5.41, 5.74) is 0.815. The maximum atomic E-state index is 12.7. The van der Waals surface area contributed by atoms with Gasteiger partial charge in [0.05, 0.1) is 11.1 Å². The van der Waals surface area contributed by atoms with Gasteiger partial charge in [-0.25, -0.2) is 4.98 Å². The molecule has 0 aliphatic carbocycles. The summed E-state index contributed by atoms with van der Waals surface area (Å²) in [6, 6.07) is 12.0. The summed E-state index contributed by atoms with van der Waals surface area (Å²) >= 11 is 0. The highest BCUT2D eigenvalue weighted by Crippen LogP contribution is 2.29. The van der Waals surface area contributed by atoms with E-state index in [9.17, 15) is 18.0 Å². The molecule has 1 aromatic heterocycles. The first kappa shape index (κ1) is 17.7. The van der Waals surface area contributed by atoms with Crippen LogP contribution < -0.4 is 5.32 Å². The lowest BCUT2D eigenvalue weighted by molar-refractivity contribution is -0.137. The molecule has 5 nitrogen and oxygen atoms in total. The summed E-state index contributed by atoms with van der Waals surface area (Å²) in [7, 11) is 0. The Balaban J connectivity index is 1.66. The van der Waals surface area contributed by atoms with Gasteiger partial charge in [-0.3, -0.25) is 9.89 Å². The Hall–Kier alpha value is -3.16. The Morgan fingerprint density at radius 2 is 1.92 bits per heavy atom. The van der Waals surface area contributed by atoms with Gasteiger partial charge in [0.1, 0.15) is 6.33 Å². The van der Waals surface area contributed by atoms with Crippen molar-refractivity contribution in [1.82, 2.24) is 20.5 Å². The van der Waals surface area contributed by atoms with Crippen molar-refractivity contribution >= 4 is 5.91 Å². The van der Waals surface area contributed by atoms with Crippen molar-refractivity contribution in [3.63, 3.8) is 0 Å². The van der Waals surface area contributed by atoms with E-state index >= 15 is 0 Å². The Labute approximate surface area is 147 Å². The molecular formula is C18H15F3N4O. The maximum absolute atomic E-state index is 12.7. The molecule has 0 aliphatic heterocycles. The van der Waals surface area contributed by atoms with E-state index < -0.39 is 11.7 Å². The van der Waals surface area contributed by atoms with Crippen molar-refractivity contribution in [3.8, 4) is 11.4 Å². The maximum Gasteiger partial charge on any atom is 0.416 e. The number of aromatic nitrogens is 3. The average Bonchev–Trinajstić information content (AvgIpc) is 3.16. The molecular weight excluding hydrogens is 345 g/mol. The van der Waals surface area contributed by atoms with Crippen molar-refractivity contribution in [3.05, 3.63) is 71.5 Å². The number of H-pyrrole nitrogens is 1. The highest BCUT2D eigenvalue weighted by atomic mass is 19.4. The van der Waals surface area contributed by atoms with Crippen molar-refractivity contribution in [2.75, 3.05) is 6.54 Å². The topological polar surface area (TPSA) is 70.7 Å².